The molecule has 12 heteroatoms. The van der Waals surface area contributed by atoms with Crippen LogP contribution in [0.15, 0.2) is 37.0 Å². The van der Waals surface area contributed by atoms with Crippen molar-refractivity contribution in [3.63, 3.8) is 0 Å². The van der Waals surface area contributed by atoms with Crippen LogP contribution in [0.3, 0.4) is 0 Å². The smallest absolute Gasteiger partial charge is 0.342 e. The fourth-order valence-electron chi connectivity index (χ4n) is 7.16. The fraction of sp³-hybridized carbons (Fsp3) is 0.745. The number of nitrogens with one attached hydrogen (secondary N) is 1. The van der Waals surface area contributed by atoms with Gasteiger partial charge in [-0.25, -0.2) is 14.8 Å². The van der Waals surface area contributed by atoms with Gasteiger partial charge in [0.05, 0.1) is 17.5 Å². The van der Waals surface area contributed by atoms with Crippen molar-refractivity contribution in [2.75, 3.05) is 18.7 Å². The number of rotatable bonds is 27. The van der Waals surface area contributed by atoms with Gasteiger partial charge in [-0.05, 0) is 111 Å². The zero-order valence-electron chi connectivity index (χ0n) is 40.9. The molecule has 0 fully saturated rings. The Hall–Kier alpha value is -2.23. The molecule has 1 aromatic heterocycles. The zero-order chi connectivity index (χ0) is 45.4. The summed E-state index contributed by atoms with van der Waals surface area (Å²) < 4.78 is 25.6. The van der Waals surface area contributed by atoms with Crippen molar-refractivity contribution in [1.29, 1.82) is 0 Å². The third-order valence-electron chi connectivity index (χ3n) is 12.6. The third-order valence-corrected chi connectivity index (χ3v) is 27.8. The lowest BCUT2D eigenvalue weighted by Gasteiger charge is -2.44. The van der Waals surface area contributed by atoms with Gasteiger partial charge in [0.2, 0.25) is 14.3 Å². The molecular formula is C47H87N3O6Si3. The van der Waals surface area contributed by atoms with E-state index in [0.29, 0.717) is 71.6 Å². The molecular weight excluding hydrogens is 787 g/mol. The minimum Gasteiger partial charge on any atom is -0.458 e. The molecule has 0 aliphatic heterocycles. The molecule has 0 saturated carbocycles. The van der Waals surface area contributed by atoms with Crippen LogP contribution >= 0.6 is 0 Å². The standard InChI is InChI=1S/C47H87N3O6Si3/c1-20-33-53-44(52)43-41(31-25-23-29-39(51)28-22-24-30-40(21-2)56-59(35(3)4,36(5)6)37(7)8)49-45(48-34-54-57(16,17)46(10,11)12)50-42(43)32-26-27-38(9)55-58(18,19)47(13,14)15/h20,23-24,29-30,35-38,40H,1,21-22,25-28,31-34H2,2-19H3,(H,48,49,50)/b29-23+,30-24+/t38-,40+/m1/s1. The average molecular weight is 874 g/mol. The summed E-state index contributed by atoms with van der Waals surface area (Å²) in [5.74, 6) is 0.00346. The van der Waals surface area contributed by atoms with Crippen LogP contribution in [0, 0.1) is 0 Å². The lowest BCUT2D eigenvalue weighted by Crippen LogP contribution is -2.49. The first-order chi connectivity index (χ1) is 27.2. The number of allylic oxidation sites excluding steroid dienone is 3. The molecule has 0 saturated heterocycles. The highest BCUT2D eigenvalue weighted by atomic mass is 28.4. The van der Waals surface area contributed by atoms with Gasteiger partial charge in [-0.15, -0.1) is 0 Å². The van der Waals surface area contributed by atoms with Gasteiger partial charge < -0.3 is 23.3 Å². The lowest BCUT2D eigenvalue weighted by atomic mass is 10.0. The van der Waals surface area contributed by atoms with E-state index in [1.807, 2.05) is 6.08 Å². The minimum absolute atomic E-state index is 0.0447. The lowest BCUT2D eigenvalue weighted by molar-refractivity contribution is -0.114. The van der Waals surface area contributed by atoms with Crippen molar-refractivity contribution in [1.82, 2.24) is 9.97 Å². The molecule has 338 valence electrons. The summed E-state index contributed by atoms with van der Waals surface area (Å²) in [5.41, 5.74) is 3.16. The Morgan fingerprint density at radius 2 is 1.36 bits per heavy atom. The molecule has 0 amide bonds. The van der Waals surface area contributed by atoms with Gasteiger partial charge in [0.15, 0.2) is 22.4 Å². The predicted molar refractivity (Wildman–Crippen MR) is 257 cm³/mol. The molecule has 1 N–H and O–H groups in total. The van der Waals surface area contributed by atoms with Crippen molar-refractivity contribution in [2.45, 2.75) is 213 Å². The quantitative estimate of drug-likeness (QED) is 0.0304. The van der Waals surface area contributed by atoms with Crippen LogP contribution in [0.2, 0.25) is 52.9 Å². The highest BCUT2D eigenvalue weighted by Crippen LogP contribution is 2.43. The van der Waals surface area contributed by atoms with Crippen LogP contribution in [0.1, 0.15) is 157 Å². The number of ether oxygens (including phenoxy) is 1. The predicted octanol–water partition coefficient (Wildman–Crippen LogP) is 13.3. The summed E-state index contributed by atoms with van der Waals surface area (Å²) in [4.78, 5) is 36.4. The first kappa shape index (κ1) is 54.8. The van der Waals surface area contributed by atoms with E-state index in [1.54, 1.807) is 12.2 Å². The molecule has 1 aromatic rings. The topological polar surface area (TPSA) is 109 Å². The molecule has 0 radical (unpaired) electrons. The number of hydrogen-bond acceptors (Lipinski definition) is 9. The molecule has 0 aliphatic rings. The molecule has 59 heavy (non-hydrogen) atoms. The Balaban J connectivity index is 3.27. The third kappa shape index (κ3) is 17.2. The van der Waals surface area contributed by atoms with Crippen LogP contribution in [0.5, 0.6) is 0 Å². The van der Waals surface area contributed by atoms with E-state index in [4.69, 9.17) is 28.0 Å². The van der Waals surface area contributed by atoms with Crippen molar-refractivity contribution in [2.24, 2.45) is 0 Å². The second-order valence-corrected chi connectivity index (χ2v) is 35.2. The second kappa shape index (κ2) is 24.4. The highest BCUT2D eigenvalue weighted by Gasteiger charge is 2.46. The van der Waals surface area contributed by atoms with Crippen molar-refractivity contribution in [3.05, 3.63) is 53.9 Å². The van der Waals surface area contributed by atoms with Crippen LogP contribution in [0.25, 0.3) is 0 Å². The van der Waals surface area contributed by atoms with E-state index in [-0.39, 0.29) is 41.4 Å². The van der Waals surface area contributed by atoms with Crippen LogP contribution < -0.4 is 5.32 Å². The summed E-state index contributed by atoms with van der Waals surface area (Å²) in [6, 6.07) is 0. The summed E-state index contributed by atoms with van der Waals surface area (Å²) >= 11 is 0. The first-order valence-corrected chi connectivity index (χ1v) is 30.4. The highest BCUT2D eigenvalue weighted by molar-refractivity contribution is 6.77. The molecule has 1 heterocycles. The number of anilines is 1. The largest absolute Gasteiger partial charge is 0.458 e. The van der Waals surface area contributed by atoms with E-state index in [2.05, 4.69) is 147 Å². The van der Waals surface area contributed by atoms with E-state index in [9.17, 15) is 9.59 Å². The number of hydrogen-bond donors (Lipinski definition) is 1. The molecule has 0 aromatic carbocycles. The number of carbonyl (C=O) groups is 2. The maximum Gasteiger partial charge on any atom is 0.342 e. The molecule has 0 spiro atoms. The number of aryl methyl sites for hydroxylation is 2. The van der Waals surface area contributed by atoms with E-state index in [1.165, 1.54) is 0 Å². The molecule has 0 aliphatic carbocycles. The summed E-state index contributed by atoms with van der Waals surface area (Å²) in [5, 5.41) is 3.47. The van der Waals surface area contributed by atoms with Gasteiger partial charge in [0.25, 0.3) is 0 Å². The molecule has 0 bridgehead atoms. The Morgan fingerprint density at radius 3 is 1.86 bits per heavy atom. The number of ketones is 1. The maximum absolute atomic E-state index is 13.6. The van der Waals surface area contributed by atoms with E-state index < -0.39 is 30.9 Å². The van der Waals surface area contributed by atoms with Gasteiger partial charge in [0, 0.05) is 12.5 Å². The monoisotopic (exact) mass is 874 g/mol. The average Bonchev–Trinajstić information content (AvgIpc) is 3.10. The Bertz CT molecular complexity index is 1500. The zero-order valence-corrected chi connectivity index (χ0v) is 43.9. The molecule has 9 nitrogen and oxygen atoms in total. The maximum atomic E-state index is 13.6. The van der Waals surface area contributed by atoms with Gasteiger partial charge in [0.1, 0.15) is 18.9 Å². The Kier molecular flexibility index (Phi) is 22.7. The van der Waals surface area contributed by atoms with Gasteiger partial charge in [-0.2, -0.15) is 0 Å². The molecule has 2 atom stereocenters. The van der Waals surface area contributed by atoms with Crippen LogP contribution in [-0.4, -0.2) is 72.2 Å². The minimum atomic E-state index is -2.04. The molecule has 0 unspecified atom stereocenters. The first-order valence-electron chi connectivity index (χ1n) is 22.4. The van der Waals surface area contributed by atoms with Gasteiger partial charge in [-0.1, -0.05) is 121 Å². The van der Waals surface area contributed by atoms with Crippen LogP contribution in [0.4, 0.5) is 5.95 Å². The SMILES string of the molecule is C=CCOC(=O)c1c(CC/C=C/C(=O)CC/C=C/[C@H](CC)O[Si](C(C)C)(C(C)C)C(C)C)nc(NCO[Si](C)(C)C(C)(C)C)nc1CCC[C@@H](C)O[Si](C)(C)C(C)(C)C. The van der Waals surface area contributed by atoms with Crippen LogP contribution in [-0.2, 0) is 35.7 Å². The number of nitrogens with zero attached hydrogens (tertiary/aromatic N) is 2. The summed E-state index contributed by atoms with van der Waals surface area (Å²) in [6.07, 6.45) is 14.6. The summed E-state index contributed by atoms with van der Waals surface area (Å²) in [7, 11) is -5.97. The normalized spacial score (nSPS) is 14.5. The van der Waals surface area contributed by atoms with Crippen molar-refractivity contribution >= 4 is 42.7 Å². The van der Waals surface area contributed by atoms with Crippen molar-refractivity contribution in [3.8, 4) is 0 Å². The number of aromatic nitrogens is 2. The number of esters is 1. The Morgan fingerprint density at radius 1 is 0.797 bits per heavy atom. The Labute approximate surface area is 364 Å². The van der Waals surface area contributed by atoms with Gasteiger partial charge >= 0.3 is 5.97 Å². The summed E-state index contributed by atoms with van der Waals surface area (Å²) in [6.45, 7) is 44.5. The van der Waals surface area contributed by atoms with E-state index in [0.717, 1.165) is 19.3 Å². The molecule has 1 rings (SSSR count). The second-order valence-electron chi connectivity index (χ2n) is 20.3. The number of carbonyl (C=O) groups excluding carboxylic acids is 2. The fourth-order valence-corrected chi connectivity index (χ4v) is 15.1. The van der Waals surface area contributed by atoms with Crippen molar-refractivity contribution < 1.29 is 27.6 Å². The van der Waals surface area contributed by atoms with E-state index >= 15 is 0 Å². The van der Waals surface area contributed by atoms with Gasteiger partial charge in [-0.3, -0.25) is 4.79 Å².